The van der Waals surface area contributed by atoms with Crippen molar-refractivity contribution in [1.29, 1.82) is 0 Å². The van der Waals surface area contributed by atoms with Crippen LogP contribution >= 0.6 is 0 Å². The van der Waals surface area contributed by atoms with Gasteiger partial charge in [0.15, 0.2) is 11.5 Å². The molecule has 0 spiro atoms. The number of oxazole rings is 1. The first kappa shape index (κ1) is 15.2. The van der Waals surface area contributed by atoms with E-state index in [4.69, 9.17) is 18.4 Å². The summed E-state index contributed by atoms with van der Waals surface area (Å²) in [6.45, 7) is 6.15. The molecule has 0 saturated heterocycles. The number of nitrogens with zero attached hydrogens (tertiary/aromatic N) is 2. The predicted molar refractivity (Wildman–Crippen MR) is 72.8 cm³/mol. The molecule has 114 valence electrons. The molecule has 0 saturated carbocycles. The SMILES string of the molecule is CCOC(=O)c1oc(-c2cc(COC)on2)nc1C(C)C. The molecule has 7 nitrogen and oxygen atoms in total. The molecule has 2 rings (SSSR count). The Morgan fingerprint density at radius 2 is 2.19 bits per heavy atom. The lowest BCUT2D eigenvalue weighted by Crippen LogP contribution is -2.07. The van der Waals surface area contributed by atoms with E-state index in [-0.39, 0.29) is 24.2 Å². The van der Waals surface area contributed by atoms with Gasteiger partial charge in [0.25, 0.3) is 0 Å². The van der Waals surface area contributed by atoms with E-state index >= 15 is 0 Å². The molecule has 0 bridgehead atoms. The number of carbonyl (C=O) groups excluding carboxylic acids is 1. The largest absolute Gasteiger partial charge is 0.460 e. The Labute approximate surface area is 122 Å². The lowest BCUT2D eigenvalue weighted by atomic mass is 10.1. The van der Waals surface area contributed by atoms with Crippen LogP contribution in [0.2, 0.25) is 0 Å². The first-order valence-corrected chi connectivity index (χ1v) is 6.69. The van der Waals surface area contributed by atoms with E-state index in [2.05, 4.69) is 10.1 Å². The molecule has 0 N–H and O–H groups in total. The molecule has 2 aromatic rings. The molecule has 0 unspecified atom stereocenters. The molecular weight excluding hydrogens is 276 g/mol. The van der Waals surface area contributed by atoms with Crippen LogP contribution in [0.25, 0.3) is 11.6 Å². The molecule has 2 aromatic heterocycles. The Balaban J connectivity index is 2.35. The number of methoxy groups -OCH3 is 1. The van der Waals surface area contributed by atoms with Crippen molar-refractivity contribution < 1.29 is 23.2 Å². The van der Waals surface area contributed by atoms with Gasteiger partial charge in [-0.1, -0.05) is 19.0 Å². The van der Waals surface area contributed by atoms with E-state index in [1.807, 2.05) is 13.8 Å². The molecule has 0 amide bonds. The van der Waals surface area contributed by atoms with Gasteiger partial charge in [0.05, 0.1) is 12.3 Å². The lowest BCUT2D eigenvalue weighted by Gasteiger charge is -2.02. The summed E-state index contributed by atoms with van der Waals surface area (Å²) in [4.78, 5) is 16.2. The zero-order valence-electron chi connectivity index (χ0n) is 12.5. The monoisotopic (exact) mass is 294 g/mol. The number of esters is 1. The fourth-order valence-electron chi connectivity index (χ4n) is 1.80. The quantitative estimate of drug-likeness (QED) is 0.757. The smallest absolute Gasteiger partial charge is 0.376 e. The minimum atomic E-state index is -0.527. The molecular formula is C14H18N2O5. The molecule has 21 heavy (non-hydrogen) atoms. The van der Waals surface area contributed by atoms with Crippen molar-refractivity contribution in [2.24, 2.45) is 0 Å². The highest BCUT2D eigenvalue weighted by molar-refractivity contribution is 5.88. The first-order valence-electron chi connectivity index (χ1n) is 6.69. The van der Waals surface area contributed by atoms with E-state index in [1.165, 1.54) is 0 Å². The van der Waals surface area contributed by atoms with Crippen LogP contribution in [-0.4, -0.2) is 29.8 Å². The van der Waals surface area contributed by atoms with Gasteiger partial charge in [-0.15, -0.1) is 0 Å². The van der Waals surface area contributed by atoms with Crippen molar-refractivity contribution in [3.05, 3.63) is 23.3 Å². The highest BCUT2D eigenvalue weighted by Crippen LogP contribution is 2.27. The van der Waals surface area contributed by atoms with Gasteiger partial charge in [-0.3, -0.25) is 0 Å². The summed E-state index contributed by atoms with van der Waals surface area (Å²) in [5.74, 6) is 0.383. The van der Waals surface area contributed by atoms with Gasteiger partial charge in [0.1, 0.15) is 6.61 Å². The van der Waals surface area contributed by atoms with Crippen LogP contribution in [0.4, 0.5) is 0 Å². The average Bonchev–Trinajstić information content (AvgIpc) is 3.05. The van der Waals surface area contributed by atoms with Gasteiger partial charge in [-0.05, 0) is 12.8 Å². The van der Waals surface area contributed by atoms with Crippen LogP contribution < -0.4 is 0 Å². The summed E-state index contributed by atoms with van der Waals surface area (Å²) >= 11 is 0. The van der Waals surface area contributed by atoms with Gasteiger partial charge in [-0.2, -0.15) is 0 Å². The van der Waals surface area contributed by atoms with Crippen molar-refractivity contribution >= 4 is 5.97 Å². The predicted octanol–water partition coefficient (Wildman–Crippen LogP) is 2.78. The number of hydrogen-bond donors (Lipinski definition) is 0. The molecule has 0 aliphatic carbocycles. The van der Waals surface area contributed by atoms with Crippen LogP contribution in [0.5, 0.6) is 0 Å². The molecule has 0 fully saturated rings. The first-order chi connectivity index (χ1) is 10.1. The molecule has 0 atom stereocenters. The highest BCUT2D eigenvalue weighted by Gasteiger charge is 2.25. The van der Waals surface area contributed by atoms with E-state index in [0.717, 1.165) is 0 Å². The van der Waals surface area contributed by atoms with E-state index in [9.17, 15) is 4.79 Å². The van der Waals surface area contributed by atoms with Crippen molar-refractivity contribution in [3.63, 3.8) is 0 Å². The van der Waals surface area contributed by atoms with E-state index < -0.39 is 5.97 Å². The fraction of sp³-hybridized carbons (Fsp3) is 0.500. The van der Waals surface area contributed by atoms with Gasteiger partial charge < -0.3 is 18.4 Å². The maximum atomic E-state index is 11.9. The Morgan fingerprint density at radius 3 is 2.81 bits per heavy atom. The van der Waals surface area contributed by atoms with Crippen molar-refractivity contribution in [2.45, 2.75) is 33.3 Å². The number of aromatic nitrogens is 2. The Hall–Kier alpha value is -2.15. The fourth-order valence-corrected chi connectivity index (χ4v) is 1.80. The van der Waals surface area contributed by atoms with E-state index in [0.29, 0.717) is 23.8 Å². The number of rotatable bonds is 6. The molecule has 2 heterocycles. The third-order valence-electron chi connectivity index (χ3n) is 2.73. The summed E-state index contributed by atoms with van der Waals surface area (Å²) in [5, 5.41) is 3.86. The zero-order valence-corrected chi connectivity index (χ0v) is 12.5. The van der Waals surface area contributed by atoms with Crippen molar-refractivity contribution in [1.82, 2.24) is 10.1 Å². The number of carbonyl (C=O) groups is 1. The zero-order chi connectivity index (χ0) is 15.4. The summed E-state index contributed by atoms with van der Waals surface area (Å²) in [5.41, 5.74) is 0.958. The third-order valence-corrected chi connectivity index (χ3v) is 2.73. The lowest BCUT2D eigenvalue weighted by molar-refractivity contribution is 0.0488. The minimum Gasteiger partial charge on any atom is -0.460 e. The van der Waals surface area contributed by atoms with Gasteiger partial charge >= 0.3 is 5.97 Å². The Kier molecular flexibility index (Phi) is 4.74. The second kappa shape index (κ2) is 6.53. The summed E-state index contributed by atoms with van der Waals surface area (Å²) in [6, 6.07) is 1.66. The van der Waals surface area contributed by atoms with Crippen LogP contribution in [0.1, 0.15) is 48.7 Å². The Morgan fingerprint density at radius 1 is 1.43 bits per heavy atom. The molecule has 0 radical (unpaired) electrons. The number of hydrogen-bond acceptors (Lipinski definition) is 7. The normalized spacial score (nSPS) is 11.1. The van der Waals surface area contributed by atoms with Gasteiger partial charge in [0, 0.05) is 13.2 Å². The summed E-state index contributed by atoms with van der Waals surface area (Å²) < 4.78 is 20.5. The summed E-state index contributed by atoms with van der Waals surface area (Å²) in [7, 11) is 1.56. The maximum Gasteiger partial charge on any atom is 0.376 e. The third kappa shape index (κ3) is 3.30. The van der Waals surface area contributed by atoms with Crippen LogP contribution in [-0.2, 0) is 16.1 Å². The molecule has 0 aliphatic heterocycles. The van der Waals surface area contributed by atoms with Gasteiger partial charge in [0.2, 0.25) is 11.7 Å². The minimum absolute atomic E-state index is 0.0206. The highest BCUT2D eigenvalue weighted by atomic mass is 16.5. The molecule has 0 aromatic carbocycles. The van der Waals surface area contributed by atoms with Crippen LogP contribution in [0.3, 0.4) is 0 Å². The van der Waals surface area contributed by atoms with Gasteiger partial charge in [-0.25, -0.2) is 9.78 Å². The number of ether oxygens (including phenoxy) is 2. The van der Waals surface area contributed by atoms with Crippen LogP contribution in [0.15, 0.2) is 15.0 Å². The maximum absolute atomic E-state index is 11.9. The van der Waals surface area contributed by atoms with E-state index in [1.54, 1.807) is 20.1 Å². The van der Waals surface area contributed by atoms with Crippen molar-refractivity contribution in [3.8, 4) is 11.6 Å². The standard InChI is InChI=1S/C14H18N2O5/c1-5-19-14(17)12-11(8(2)3)15-13(20-12)10-6-9(7-18-4)21-16-10/h6,8H,5,7H2,1-4H3. The molecule has 0 aliphatic rings. The Bertz CT molecular complexity index is 615. The van der Waals surface area contributed by atoms with Crippen LogP contribution in [0, 0.1) is 0 Å². The average molecular weight is 294 g/mol. The second-order valence-electron chi connectivity index (χ2n) is 4.72. The summed E-state index contributed by atoms with van der Waals surface area (Å²) in [6.07, 6.45) is 0. The second-order valence-corrected chi connectivity index (χ2v) is 4.72. The molecule has 7 heteroatoms. The van der Waals surface area contributed by atoms with Crippen molar-refractivity contribution in [2.75, 3.05) is 13.7 Å². The topological polar surface area (TPSA) is 87.6 Å².